The van der Waals surface area contributed by atoms with Gasteiger partial charge in [-0.3, -0.25) is 0 Å². The summed E-state index contributed by atoms with van der Waals surface area (Å²) in [5, 5.41) is 15.4. The highest BCUT2D eigenvalue weighted by atomic mass is 19.4. The molecule has 3 aromatic rings. The summed E-state index contributed by atoms with van der Waals surface area (Å²) in [7, 11) is 0. The highest BCUT2D eigenvalue weighted by molar-refractivity contribution is 5.57. The second-order valence-electron chi connectivity index (χ2n) is 7.93. The van der Waals surface area contributed by atoms with Gasteiger partial charge >= 0.3 is 12.4 Å². The predicted octanol–water partition coefficient (Wildman–Crippen LogP) is 4.84. The fourth-order valence-electron chi connectivity index (χ4n) is 3.51. The number of aliphatic hydroxyl groups is 1. The minimum atomic E-state index is -4.54. The van der Waals surface area contributed by atoms with Gasteiger partial charge in [0, 0.05) is 25.3 Å². The topological polar surface area (TPSA) is 86.2 Å². The fraction of sp³-hybridized carbons (Fsp3) is 0.318. The first kappa shape index (κ1) is 24.5. The summed E-state index contributed by atoms with van der Waals surface area (Å²) in [6.45, 7) is 0.653. The van der Waals surface area contributed by atoms with E-state index >= 15 is 0 Å². The Morgan fingerprint density at radius 1 is 0.886 bits per heavy atom. The Balaban J connectivity index is 1.59. The van der Waals surface area contributed by atoms with Gasteiger partial charge < -0.3 is 20.6 Å². The molecular formula is C22H20F6N6O. The number of anilines is 4. The van der Waals surface area contributed by atoms with Gasteiger partial charge in [0.05, 0.1) is 17.2 Å². The summed E-state index contributed by atoms with van der Waals surface area (Å²) in [6, 6.07) is 9.21. The molecule has 35 heavy (non-hydrogen) atoms. The van der Waals surface area contributed by atoms with Gasteiger partial charge in [-0.2, -0.15) is 41.3 Å². The minimum absolute atomic E-state index is 0.00303. The molecule has 0 aliphatic carbocycles. The van der Waals surface area contributed by atoms with Crippen molar-refractivity contribution in [1.82, 2.24) is 15.0 Å². The second kappa shape index (κ2) is 9.56. The average molecular weight is 498 g/mol. The maximum Gasteiger partial charge on any atom is 0.416 e. The van der Waals surface area contributed by atoms with E-state index < -0.39 is 29.6 Å². The lowest BCUT2D eigenvalue weighted by Crippen LogP contribution is -2.24. The zero-order chi connectivity index (χ0) is 25.2. The molecule has 7 nitrogen and oxygen atoms in total. The number of hydrogen-bond donors (Lipinski definition) is 3. The van der Waals surface area contributed by atoms with Crippen molar-refractivity contribution in [2.75, 3.05) is 28.6 Å². The number of nitrogens with one attached hydrogen (secondary N) is 2. The molecule has 1 aliphatic rings. The molecule has 1 aliphatic heterocycles. The van der Waals surface area contributed by atoms with Gasteiger partial charge in [0.2, 0.25) is 17.8 Å². The Morgan fingerprint density at radius 3 is 2.20 bits per heavy atom. The molecule has 1 fully saturated rings. The van der Waals surface area contributed by atoms with E-state index in [1.165, 1.54) is 24.3 Å². The van der Waals surface area contributed by atoms with Crippen LogP contribution in [-0.4, -0.2) is 39.3 Å². The fourth-order valence-corrected chi connectivity index (χ4v) is 3.51. The minimum Gasteiger partial charge on any atom is -0.391 e. The van der Waals surface area contributed by atoms with Crippen molar-refractivity contribution in [2.24, 2.45) is 0 Å². The van der Waals surface area contributed by atoms with E-state index in [0.717, 1.165) is 24.3 Å². The first-order valence-electron chi connectivity index (χ1n) is 10.5. The zero-order valence-electron chi connectivity index (χ0n) is 18.0. The molecule has 1 aromatic heterocycles. The van der Waals surface area contributed by atoms with Crippen LogP contribution in [0.2, 0.25) is 0 Å². The predicted molar refractivity (Wildman–Crippen MR) is 116 cm³/mol. The van der Waals surface area contributed by atoms with Crippen molar-refractivity contribution in [3.8, 4) is 0 Å². The van der Waals surface area contributed by atoms with Crippen LogP contribution >= 0.6 is 0 Å². The number of aromatic nitrogens is 3. The van der Waals surface area contributed by atoms with Crippen molar-refractivity contribution < 1.29 is 31.4 Å². The lowest BCUT2D eigenvalue weighted by atomic mass is 10.1. The van der Waals surface area contributed by atoms with Crippen LogP contribution in [0.15, 0.2) is 48.5 Å². The lowest BCUT2D eigenvalue weighted by Gasteiger charge is -2.18. The first-order valence-corrected chi connectivity index (χ1v) is 10.5. The second-order valence-corrected chi connectivity index (χ2v) is 7.93. The van der Waals surface area contributed by atoms with E-state index in [1.807, 2.05) is 0 Å². The molecule has 1 unspecified atom stereocenters. The Hall–Kier alpha value is -3.61. The van der Waals surface area contributed by atoms with E-state index in [0.29, 0.717) is 18.5 Å². The van der Waals surface area contributed by atoms with Gasteiger partial charge in [0.15, 0.2) is 0 Å². The van der Waals surface area contributed by atoms with Crippen LogP contribution in [0.5, 0.6) is 0 Å². The molecule has 1 atom stereocenters. The summed E-state index contributed by atoms with van der Waals surface area (Å²) in [5.41, 5.74) is -1.25. The third-order valence-corrected chi connectivity index (χ3v) is 5.22. The highest BCUT2D eigenvalue weighted by Gasteiger charge is 2.31. The van der Waals surface area contributed by atoms with Crippen molar-refractivity contribution in [3.05, 3.63) is 65.2 Å². The number of hydrogen-bond acceptors (Lipinski definition) is 7. The van der Waals surface area contributed by atoms with Crippen LogP contribution in [-0.2, 0) is 18.9 Å². The Morgan fingerprint density at radius 2 is 1.54 bits per heavy atom. The van der Waals surface area contributed by atoms with Crippen molar-refractivity contribution >= 4 is 23.5 Å². The van der Waals surface area contributed by atoms with Crippen molar-refractivity contribution in [2.45, 2.75) is 31.4 Å². The number of rotatable bonds is 6. The summed E-state index contributed by atoms with van der Waals surface area (Å²) < 4.78 is 78.2. The van der Waals surface area contributed by atoms with Crippen LogP contribution in [0, 0.1) is 0 Å². The number of β-amino-alcohol motifs (C(OH)–C–C–N with tert-alkyl or cyclic N) is 1. The highest BCUT2D eigenvalue weighted by Crippen LogP contribution is 2.32. The van der Waals surface area contributed by atoms with Gasteiger partial charge in [0.1, 0.15) is 0 Å². The molecule has 4 rings (SSSR count). The summed E-state index contributed by atoms with van der Waals surface area (Å²) >= 11 is 0. The number of alkyl halides is 6. The van der Waals surface area contributed by atoms with Crippen molar-refractivity contribution in [1.29, 1.82) is 0 Å². The van der Waals surface area contributed by atoms with E-state index in [9.17, 15) is 31.4 Å². The van der Waals surface area contributed by atoms with Gasteiger partial charge in [-0.15, -0.1) is 0 Å². The molecule has 0 radical (unpaired) electrons. The summed E-state index contributed by atoms with van der Waals surface area (Å²) in [4.78, 5) is 14.4. The van der Waals surface area contributed by atoms with E-state index in [-0.39, 0.29) is 36.6 Å². The molecule has 2 heterocycles. The molecule has 0 bridgehead atoms. The normalized spacial score (nSPS) is 16.4. The smallest absolute Gasteiger partial charge is 0.391 e. The maximum atomic E-state index is 13.1. The zero-order valence-corrected chi connectivity index (χ0v) is 18.0. The average Bonchev–Trinajstić information content (AvgIpc) is 3.23. The van der Waals surface area contributed by atoms with Gasteiger partial charge in [-0.1, -0.05) is 18.2 Å². The number of aliphatic hydroxyl groups excluding tert-OH is 1. The Labute approximate surface area is 195 Å². The molecule has 0 spiro atoms. The molecule has 2 aromatic carbocycles. The lowest BCUT2D eigenvalue weighted by molar-refractivity contribution is -0.138. The molecule has 0 saturated carbocycles. The van der Waals surface area contributed by atoms with Crippen LogP contribution in [0.25, 0.3) is 0 Å². The summed E-state index contributed by atoms with van der Waals surface area (Å²) in [5.74, 6) is 0.100. The molecular weight excluding hydrogens is 478 g/mol. The summed E-state index contributed by atoms with van der Waals surface area (Å²) in [6.07, 6.45) is -9.14. The van der Waals surface area contributed by atoms with E-state index in [1.54, 1.807) is 4.90 Å². The molecule has 3 N–H and O–H groups in total. The molecule has 1 saturated heterocycles. The van der Waals surface area contributed by atoms with Crippen LogP contribution < -0.4 is 15.5 Å². The van der Waals surface area contributed by atoms with Gasteiger partial charge in [-0.05, 0) is 42.3 Å². The maximum absolute atomic E-state index is 13.1. The number of benzene rings is 2. The monoisotopic (exact) mass is 498 g/mol. The Bertz CT molecular complexity index is 1190. The SMILES string of the molecule is OC1CCN(c2nc(NCc3cccc(C(F)(F)F)c3)nc(Nc3cccc(C(F)(F)F)c3)n2)C1. The largest absolute Gasteiger partial charge is 0.416 e. The molecule has 13 heteroatoms. The van der Waals surface area contributed by atoms with Gasteiger partial charge in [-0.25, -0.2) is 0 Å². The third kappa shape index (κ3) is 6.29. The number of halogens is 6. The quantitative estimate of drug-likeness (QED) is 0.420. The van der Waals surface area contributed by atoms with Crippen LogP contribution in [0.1, 0.15) is 23.1 Å². The number of nitrogens with zero attached hydrogens (tertiary/aromatic N) is 4. The van der Waals surface area contributed by atoms with Gasteiger partial charge in [0.25, 0.3) is 0 Å². The first-order chi connectivity index (χ1) is 16.5. The van der Waals surface area contributed by atoms with Crippen LogP contribution in [0.3, 0.4) is 0 Å². The molecule has 0 amide bonds. The standard InChI is InChI=1S/C22H20F6N6O/c23-21(24,25)14-4-1-3-13(9-14)11-29-18-31-19(33-20(32-18)34-8-7-17(35)12-34)30-16-6-2-5-15(10-16)22(26,27)28/h1-6,9-10,17,35H,7-8,11-12H2,(H2,29,30,31,32,33). The Kier molecular flexibility index (Phi) is 6.70. The van der Waals surface area contributed by atoms with E-state index in [2.05, 4.69) is 25.6 Å². The van der Waals surface area contributed by atoms with E-state index in [4.69, 9.17) is 0 Å². The third-order valence-electron chi connectivity index (χ3n) is 5.22. The van der Waals surface area contributed by atoms with Crippen molar-refractivity contribution in [3.63, 3.8) is 0 Å². The van der Waals surface area contributed by atoms with Crippen LogP contribution in [0.4, 0.5) is 49.9 Å². The molecule has 186 valence electrons.